The Balaban J connectivity index is 1.82. The number of hydrogen-bond acceptors (Lipinski definition) is 4. The second-order valence-corrected chi connectivity index (χ2v) is 4.75. The lowest BCUT2D eigenvalue weighted by molar-refractivity contribution is 0.237. The fourth-order valence-corrected chi connectivity index (χ4v) is 2.41. The van der Waals surface area contributed by atoms with E-state index in [0.717, 1.165) is 24.5 Å². The average molecular weight is 249 g/mol. The van der Waals surface area contributed by atoms with Crippen LogP contribution in [-0.4, -0.2) is 38.2 Å². The number of nitrogens with one attached hydrogen (secondary N) is 1. The van der Waals surface area contributed by atoms with Crippen LogP contribution < -0.4 is 15.8 Å². The van der Waals surface area contributed by atoms with E-state index in [1.54, 1.807) is 7.11 Å². The zero-order valence-corrected chi connectivity index (χ0v) is 11.1. The number of rotatable bonds is 5. The van der Waals surface area contributed by atoms with Crippen LogP contribution in [0.3, 0.4) is 0 Å². The van der Waals surface area contributed by atoms with Gasteiger partial charge < -0.3 is 20.7 Å². The first kappa shape index (κ1) is 13.0. The molecule has 0 spiro atoms. The van der Waals surface area contributed by atoms with Gasteiger partial charge in [-0.05, 0) is 38.1 Å². The maximum atomic E-state index is 6.01. The topological polar surface area (TPSA) is 50.5 Å². The molecule has 0 aliphatic carbocycles. The summed E-state index contributed by atoms with van der Waals surface area (Å²) in [6.07, 6.45) is 4.05. The molecule has 100 valence electrons. The highest BCUT2D eigenvalue weighted by atomic mass is 16.5. The molecule has 18 heavy (non-hydrogen) atoms. The second-order valence-electron chi connectivity index (χ2n) is 4.75. The number of nitrogens with two attached hydrogens (primary N) is 1. The van der Waals surface area contributed by atoms with E-state index < -0.39 is 0 Å². The molecule has 1 aromatic carbocycles. The smallest absolute Gasteiger partial charge is 0.143 e. The van der Waals surface area contributed by atoms with Gasteiger partial charge in [0.15, 0.2) is 0 Å². The van der Waals surface area contributed by atoms with Crippen LogP contribution in [0.2, 0.25) is 0 Å². The Hall–Kier alpha value is -1.42. The number of anilines is 2. The van der Waals surface area contributed by atoms with E-state index in [1.807, 2.05) is 18.2 Å². The standard InChI is InChI=1S/C14H23N3O/c1-18-13-7-5-6-12(14(13)15)16-8-11-17-9-3-2-4-10-17/h5-7,16H,2-4,8-11,15H2,1H3. The van der Waals surface area contributed by atoms with Crippen molar-refractivity contribution in [3.63, 3.8) is 0 Å². The first-order valence-corrected chi connectivity index (χ1v) is 6.70. The molecule has 0 bridgehead atoms. The van der Waals surface area contributed by atoms with Crippen molar-refractivity contribution in [3.8, 4) is 5.75 Å². The van der Waals surface area contributed by atoms with E-state index >= 15 is 0 Å². The van der Waals surface area contributed by atoms with Crippen LogP contribution in [0.25, 0.3) is 0 Å². The monoisotopic (exact) mass is 249 g/mol. The summed E-state index contributed by atoms with van der Waals surface area (Å²) < 4.78 is 5.21. The van der Waals surface area contributed by atoms with Gasteiger partial charge in [-0.15, -0.1) is 0 Å². The Kier molecular flexibility index (Phi) is 4.70. The summed E-state index contributed by atoms with van der Waals surface area (Å²) in [4.78, 5) is 2.51. The number of nitrogen functional groups attached to an aromatic ring is 1. The predicted octanol–water partition coefficient (Wildman–Crippen LogP) is 2.18. The van der Waals surface area contributed by atoms with Gasteiger partial charge in [-0.25, -0.2) is 0 Å². The lowest BCUT2D eigenvalue weighted by Gasteiger charge is -2.26. The highest BCUT2D eigenvalue weighted by Crippen LogP contribution is 2.28. The van der Waals surface area contributed by atoms with Crippen LogP contribution in [0.1, 0.15) is 19.3 Å². The van der Waals surface area contributed by atoms with Crippen LogP contribution in [0, 0.1) is 0 Å². The molecule has 0 saturated carbocycles. The molecule has 0 aromatic heterocycles. The van der Waals surface area contributed by atoms with Crippen molar-refractivity contribution in [2.24, 2.45) is 0 Å². The molecular formula is C14H23N3O. The molecule has 1 saturated heterocycles. The molecule has 2 rings (SSSR count). The van der Waals surface area contributed by atoms with Gasteiger partial charge in [-0.1, -0.05) is 12.5 Å². The Bertz CT molecular complexity index is 375. The molecule has 3 N–H and O–H groups in total. The van der Waals surface area contributed by atoms with E-state index in [1.165, 1.54) is 32.4 Å². The van der Waals surface area contributed by atoms with Crippen LogP contribution >= 0.6 is 0 Å². The van der Waals surface area contributed by atoms with E-state index in [9.17, 15) is 0 Å². The predicted molar refractivity (Wildman–Crippen MR) is 76.2 cm³/mol. The lowest BCUT2D eigenvalue weighted by atomic mass is 10.1. The maximum absolute atomic E-state index is 6.01. The normalized spacial score (nSPS) is 16.5. The zero-order valence-electron chi connectivity index (χ0n) is 11.1. The summed E-state index contributed by atoms with van der Waals surface area (Å²) in [7, 11) is 1.64. The van der Waals surface area contributed by atoms with Crippen molar-refractivity contribution in [1.82, 2.24) is 4.90 Å². The molecule has 0 radical (unpaired) electrons. The van der Waals surface area contributed by atoms with Crippen LogP contribution in [0.4, 0.5) is 11.4 Å². The summed E-state index contributed by atoms with van der Waals surface area (Å²) in [6, 6.07) is 5.83. The number of nitrogens with zero attached hydrogens (tertiary/aromatic N) is 1. The van der Waals surface area contributed by atoms with Gasteiger partial charge in [0.1, 0.15) is 5.75 Å². The quantitative estimate of drug-likeness (QED) is 0.785. The molecule has 1 aliphatic rings. The molecule has 1 fully saturated rings. The first-order chi connectivity index (χ1) is 8.81. The van der Waals surface area contributed by atoms with Crippen molar-refractivity contribution in [2.45, 2.75) is 19.3 Å². The molecule has 1 aromatic rings. The molecule has 4 heteroatoms. The van der Waals surface area contributed by atoms with Crippen molar-refractivity contribution in [2.75, 3.05) is 44.3 Å². The SMILES string of the molecule is COc1cccc(NCCN2CCCCC2)c1N. The third kappa shape index (κ3) is 3.29. The molecule has 0 amide bonds. The van der Waals surface area contributed by atoms with E-state index in [0.29, 0.717) is 5.69 Å². The number of methoxy groups -OCH3 is 1. The highest BCUT2D eigenvalue weighted by Gasteiger charge is 2.09. The van der Waals surface area contributed by atoms with Crippen molar-refractivity contribution < 1.29 is 4.74 Å². The molecular weight excluding hydrogens is 226 g/mol. The largest absolute Gasteiger partial charge is 0.495 e. The van der Waals surface area contributed by atoms with E-state index in [2.05, 4.69) is 10.2 Å². The minimum absolute atomic E-state index is 0.693. The van der Waals surface area contributed by atoms with Gasteiger partial charge in [-0.2, -0.15) is 0 Å². The van der Waals surface area contributed by atoms with Gasteiger partial charge in [0.25, 0.3) is 0 Å². The summed E-state index contributed by atoms with van der Waals surface area (Å²) >= 11 is 0. The Labute approximate surface area is 109 Å². The fraction of sp³-hybridized carbons (Fsp3) is 0.571. The summed E-state index contributed by atoms with van der Waals surface area (Å²) in [5.41, 5.74) is 7.67. The Morgan fingerprint density at radius 1 is 1.28 bits per heavy atom. The van der Waals surface area contributed by atoms with E-state index in [-0.39, 0.29) is 0 Å². The number of para-hydroxylation sites is 1. The molecule has 1 aliphatic heterocycles. The second kappa shape index (κ2) is 6.50. The number of ether oxygens (including phenoxy) is 1. The molecule has 4 nitrogen and oxygen atoms in total. The Morgan fingerprint density at radius 2 is 2.06 bits per heavy atom. The van der Waals surface area contributed by atoms with Gasteiger partial charge >= 0.3 is 0 Å². The number of hydrogen-bond donors (Lipinski definition) is 2. The molecule has 0 atom stereocenters. The molecule has 1 heterocycles. The van der Waals surface area contributed by atoms with Crippen LogP contribution in [-0.2, 0) is 0 Å². The van der Waals surface area contributed by atoms with E-state index in [4.69, 9.17) is 10.5 Å². The third-order valence-corrected chi connectivity index (χ3v) is 3.48. The Morgan fingerprint density at radius 3 is 2.78 bits per heavy atom. The van der Waals surface area contributed by atoms with Crippen LogP contribution in [0.15, 0.2) is 18.2 Å². The van der Waals surface area contributed by atoms with Gasteiger partial charge in [-0.3, -0.25) is 0 Å². The van der Waals surface area contributed by atoms with Gasteiger partial charge in [0.05, 0.1) is 18.5 Å². The number of likely N-dealkylation sites (tertiary alicyclic amines) is 1. The number of piperidine rings is 1. The maximum Gasteiger partial charge on any atom is 0.143 e. The lowest BCUT2D eigenvalue weighted by Crippen LogP contribution is -2.33. The van der Waals surface area contributed by atoms with Gasteiger partial charge in [0, 0.05) is 13.1 Å². The zero-order chi connectivity index (χ0) is 12.8. The molecule has 0 unspecified atom stereocenters. The first-order valence-electron chi connectivity index (χ1n) is 6.70. The average Bonchev–Trinajstić information content (AvgIpc) is 2.42. The minimum atomic E-state index is 0.693. The summed E-state index contributed by atoms with van der Waals surface area (Å²) in [5.74, 6) is 0.734. The van der Waals surface area contributed by atoms with Crippen molar-refractivity contribution in [3.05, 3.63) is 18.2 Å². The number of benzene rings is 1. The fourth-order valence-electron chi connectivity index (χ4n) is 2.41. The highest BCUT2D eigenvalue weighted by molar-refractivity contribution is 5.72. The summed E-state index contributed by atoms with van der Waals surface area (Å²) in [5, 5.41) is 3.39. The third-order valence-electron chi connectivity index (χ3n) is 3.48. The van der Waals surface area contributed by atoms with Crippen LogP contribution in [0.5, 0.6) is 5.75 Å². The van der Waals surface area contributed by atoms with Gasteiger partial charge in [0.2, 0.25) is 0 Å². The summed E-state index contributed by atoms with van der Waals surface area (Å²) in [6.45, 7) is 4.47. The minimum Gasteiger partial charge on any atom is -0.495 e. The van der Waals surface area contributed by atoms with Crippen molar-refractivity contribution in [1.29, 1.82) is 0 Å². The van der Waals surface area contributed by atoms with Crippen molar-refractivity contribution >= 4 is 11.4 Å².